The topological polar surface area (TPSA) is 71.3 Å². The Hall–Kier alpha value is -2.85. The SMILES string of the molecule is [B]C(O)(NC(=O)c1ccc2c(c1)cc(CC1CCCC=C1C(F)(F)F)n2C1CC1)c1ccc(S(=O)CC)cc1. The zero-order chi connectivity index (χ0) is 27.9. The number of hydrogen-bond donors (Lipinski definition) is 2. The molecule has 1 fully saturated rings. The van der Waals surface area contributed by atoms with Crippen molar-refractivity contribution in [1.82, 2.24) is 9.88 Å². The van der Waals surface area contributed by atoms with E-state index >= 15 is 0 Å². The molecule has 39 heavy (non-hydrogen) atoms. The van der Waals surface area contributed by atoms with E-state index in [1.165, 1.54) is 18.2 Å². The fourth-order valence-electron chi connectivity index (χ4n) is 5.46. The summed E-state index contributed by atoms with van der Waals surface area (Å²) in [7, 11) is 4.86. The molecule has 3 aromatic rings. The molecule has 2 aromatic carbocycles. The molecule has 0 saturated heterocycles. The Morgan fingerprint density at radius 2 is 1.85 bits per heavy atom. The van der Waals surface area contributed by atoms with E-state index in [1.54, 1.807) is 37.3 Å². The molecule has 5 nitrogen and oxygen atoms in total. The Morgan fingerprint density at radius 3 is 2.49 bits per heavy atom. The third-order valence-electron chi connectivity index (χ3n) is 7.56. The van der Waals surface area contributed by atoms with Crippen molar-refractivity contribution in [2.24, 2.45) is 5.92 Å². The zero-order valence-corrected chi connectivity index (χ0v) is 22.4. The van der Waals surface area contributed by atoms with Crippen molar-refractivity contribution >= 4 is 35.5 Å². The minimum Gasteiger partial charge on any atom is -0.376 e. The van der Waals surface area contributed by atoms with E-state index in [4.69, 9.17) is 7.85 Å². The molecule has 5 rings (SSSR count). The molecule has 0 aliphatic heterocycles. The zero-order valence-electron chi connectivity index (χ0n) is 21.6. The van der Waals surface area contributed by atoms with Crippen molar-refractivity contribution in [2.75, 3.05) is 5.75 Å². The molecule has 0 bridgehead atoms. The molecule has 2 aliphatic carbocycles. The lowest BCUT2D eigenvalue weighted by Crippen LogP contribution is -2.46. The Balaban J connectivity index is 1.39. The quantitative estimate of drug-likeness (QED) is 0.215. The second kappa shape index (κ2) is 10.6. The number of halogens is 3. The standard InChI is InChI=1S/C29H30BF3N2O3S/c1-2-39(38)24-12-8-21(9-13-24)28(30,37)34-27(36)19-7-14-26-20(15-19)17-23(35(26)22-10-11-22)16-18-5-3-4-6-25(18)29(31,32)33/h6-9,12-15,17-18,22,37H,2-5,10-11,16H2,1H3,(H,34,36). The predicted molar refractivity (Wildman–Crippen MR) is 146 cm³/mol. The van der Waals surface area contributed by atoms with Crippen LogP contribution in [0.1, 0.15) is 66.7 Å². The molecule has 2 N–H and O–H groups in total. The third kappa shape index (κ3) is 5.87. The Bertz CT molecular complexity index is 1440. The highest BCUT2D eigenvalue weighted by Crippen LogP contribution is 2.43. The molecule has 3 unspecified atom stereocenters. The Morgan fingerprint density at radius 1 is 1.13 bits per heavy atom. The molecule has 2 radical (unpaired) electrons. The summed E-state index contributed by atoms with van der Waals surface area (Å²) in [6, 6.07) is 13.5. The average Bonchev–Trinajstić information content (AvgIpc) is 3.68. The summed E-state index contributed by atoms with van der Waals surface area (Å²) >= 11 is 0. The van der Waals surface area contributed by atoms with E-state index in [2.05, 4.69) is 9.88 Å². The first-order valence-electron chi connectivity index (χ1n) is 13.2. The molecule has 1 aromatic heterocycles. The van der Waals surface area contributed by atoms with E-state index in [9.17, 15) is 27.3 Å². The number of rotatable bonds is 8. The number of allylic oxidation sites excluding steroid dienone is 2. The van der Waals surface area contributed by atoms with Crippen LogP contribution in [0.25, 0.3) is 10.9 Å². The van der Waals surface area contributed by atoms with Gasteiger partial charge in [-0.25, -0.2) is 0 Å². The van der Waals surface area contributed by atoms with E-state index in [0.717, 1.165) is 35.9 Å². The summed E-state index contributed by atoms with van der Waals surface area (Å²) in [5.74, 6) is -0.730. The monoisotopic (exact) mass is 554 g/mol. The lowest BCUT2D eigenvalue weighted by atomic mass is 9.83. The number of aliphatic hydroxyl groups is 1. The van der Waals surface area contributed by atoms with Gasteiger partial charge < -0.3 is 15.0 Å². The first-order chi connectivity index (χ1) is 18.5. The van der Waals surface area contributed by atoms with Crippen LogP contribution in [0.15, 0.2) is 65.1 Å². The lowest BCUT2D eigenvalue weighted by molar-refractivity contribution is -0.101. The molecule has 2 aliphatic rings. The van der Waals surface area contributed by atoms with Crippen LogP contribution in [-0.4, -0.2) is 39.6 Å². The van der Waals surface area contributed by atoms with Crippen molar-refractivity contribution in [3.05, 3.63) is 77.0 Å². The number of hydrogen-bond acceptors (Lipinski definition) is 3. The lowest BCUT2D eigenvalue weighted by Gasteiger charge is -2.26. The number of alkyl halides is 3. The second-order valence-electron chi connectivity index (χ2n) is 10.4. The summed E-state index contributed by atoms with van der Waals surface area (Å²) in [5, 5.41) is 14.0. The van der Waals surface area contributed by atoms with E-state index < -0.39 is 40.0 Å². The maximum absolute atomic E-state index is 13.7. The van der Waals surface area contributed by atoms with Gasteiger partial charge in [0.1, 0.15) is 5.62 Å². The number of nitrogens with zero attached hydrogens (tertiary/aromatic N) is 1. The molecule has 10 heteroatoms. The van der Waals surface area contributed by atoms with E-state index in [-0.39, 0.29) is 17.2 Å². The largest absolute Gasteiger partial charge is 0.412 e. The Labute approximate surface area is 229 Å². The van der Waals surface area contributed by atoms with Crippen molar-refractivity contribution in [2.45, 2.75) is 68.2 Å². The maximum Gasteiger partial charge on any atom is 0.412 e. The number of fused-ring (bicyclic) bond motifs is 1. The molecule has 1 amide bonds. The summed E-state index contributed by atoms with van der Waals surface area (Å²) in [5.41, 5.74) is -0.380. The van der Waals surface area contributed by atoms with Crippen LogP contribution in [0, 0.1) is 5.92 Å². The van der Waals surface area contributed by atoms with Gasteiger partial charge in [-0.15, -0.1) is 0 Å². The number of carbonyl (C=O) groups excluding carboxylic acids is 1. The fourth-order valence-corrected chi connectivity index (χ4v) is 6.23. The second-order valence-corrected chi connectivity index (χ2v) is 12.1. The first-order valence-corrected chi connectivity index (χ1v) is 14.5. The van der Waals surface area contributed by atoms with Gasteiger partial charge in [0.05, 0.1) is 10.8 Å². The van der Waals surface area contributed by atoms with Crippen molar-refractivity contribution in [1.29, 1.82) is 0 Å². The van der Waals surface area contributed by atoms with Crippen LogP contribution in [0.3, 0.4) is 0 Å². The van der Waals surface area contributed by atoms with Gasteiger partial charge in [0.15, 0.2) is 7.85 Å². The summed E-state index contributed by atoms with van der Waals surface area (Å²) in [4.78, 5) is 13.7. The van der Waals surface area contributed by atoms with Crippen LogP contribution >= 0.6 is 0 Å². The van der Waals surface area contributed by atoms with Crippen molar-refractivity contribution in [3.63, 3.8) is 0 Å². The summed E-state index contributed by atoms with van der Waals surface area (Å²) in [6.07, 6.45) is 0.914. The maximum atomic E-state index is 13.7. The number of aromatic nitrogens is 1. The minimum atomic E-state index is -4.33. The van der Waals surface area contributed by atoms with Crippen LogP contribution in [0.2, 0.25) is 0 Å². The molecule has 1 heterocycles. The van der Waals surface area contributed by atoms with Crippen molar-refractivity contribution in [3.8, 4) is 0 Å². The summed E-state index contributed by atoms with van der Waals surface area (Å²) < 4.78 is 55.1. The van der Waals surface area contributed by atoms with Gasteiger partial charge in [-0.2, -0.15) is 13.2 Å². The highest BCUT2D eigenvalue weighted by Gasteiger charge is 2.40. The molecular weight excluding hydrogens is 524 g/mol. The van der Waals surface area contributed by atoms with E-state index in [1.807, 2.05) is 6.07 Å². The number of benzene rings is 2. The van der Waals surface area contributed by atoms with E-state index in [0.29, 0.717) is 29.9 Å². The average molecular weight is 554 g/mol. The molecule has 0 spiro atoms. The number of carbonyl (C=O) groups is 1. The number of nitrogens with one attached hydrogen (secondary N) is 1. The third-order valence-corrected chi connectivity index (χ3v) is 8.88. The van der Waals surface area contributed by atoms with Gasteiger partial charge in [-0.3, -0.25) is 9.00 Å². The van der Waals surface area contributed by atoms with Gasteiger partial charge in [-0.1, -0.05) is 25.1 Å². The van der Waals surface area contributed by atoms with Gasteiger partial charge in [0.25, 0.3) is 5.91 Å². The van der Waals surface area contributed by atoms with Crippen LogP contribution in [0.4, 0.5) is 13.2 Å². The number of amides is 1. The fraction of sp³-hybridized carbons (Fsp3) is 0.414. The van der Waals surface area contributed by atoms with Gasteiger partial charge >= 0.3 is 6.18 Å². The minimum absolute atomic E-state index is 0.233. The first kappa shape index (κ1) is 27.7. The molecular formula is C29H30BF3N2O3S. The van der Waals surface area contributed by atoms with Gasteiger partial charge in [0, 0.05) is 44.4 Å². The van der Waals surface area contributed by atoms with Crippen molar-refractivity contribution < 1.29 is 27.3 Å². The van der Waals surface area contributed by atoms with Gasteiger partial charge in [0.2, 0.25) is 0 Å². The highest BCUT2D eigenvalue weighted by molar-refractivity contribution is 7.85. The van der Waals surface area contributed by atoms with Crippen LogP contribution < -0.4 is 5.32 Å². The van der Waals surface area contributed by atoms with Crippen LogP contribution in [0.5, 0.6) is 0 Å². The smallest absolute Gasteiger partial charge is 0.376 e. The highest BCUT2D eigenvalue weighted by atomic mass is 32.2. The Kier molecular flexibility index (Phi) is 7.54. The summed E-state index contributed by atoms with van der Waals surface area (Å²) in [6.45, 7) is 1.80. The van der Waals surface area contributed by atoms with Crippen LogP contribution in [-0.2, 0) is 22.8 Å². The molecule has 204 valence electrons. The van der Waals surface area contributed by atoms with Gasteiger partial charge in [-0.05, 0) is 86.4 Å². The normalized spacial score (nSPS) is 20.3. The molecule has 1 saturated carbocycles. The predicted octanol–water partition coefficient (Wildman–Crippen LogP) is 5.64. The molecule has 3 atom stereocenters.